The fourth-order valence-electron chi connectivity index (χ4n) is 1.39. The van der Waals surface area contributed by atoms with Crippen LogP contribution in [0.25, 0.3) is 0 Å². The second-order valence-corrected chi connectivity index (χ2v) is 4.17. The molecule has 0 amide bonds. The molecule has 2 nitrogen and oxygen atoms in total. The lowest BCUT2D eigenvalue weighted by Crippen LogP contribution is -2.34. The molecule has 0 spiro atoms. The van der Waals surface area contributed by atoms with Crippen LogP contribution >= 0.6 is 12.2 Å². The lowest BCUT2D eigenvalue weighted by atomic mass is 10.2. The summed E-state index contributed by atoms with van der Waals surface area (Å²) < 4.78 is 0. The molecular formula is C14H18N2S. The highest BCUT2D eigenvalue weighted by molar-refractivity contribution is 7.80. The fraction of sp³-hybridized carbons (Fsp3) is 0.214. The zero-order chi connectivity index (χ0) is 12.7. The number of nitrogens with zero attached hydrogens (tertiary/aromatic N) is 1. The maximum atomic E-state index is 5.34. The van der Waals surface area contributed by atoms with Gasteiger partial charge in [0.2, 0.25) is 0 Å². The minimum Gasteiger partial charge on any atom is -0.342 e. The monoisotopic (exact) mass is 246 g/mol. The number of benzene rings is 1. The van der Waals surface area contributed by atoms with Crippen molar-refractivity contribution in [2.45, 2.75) is 6.92 Å². The van der Waals surface area contributed by atoms with Crippen LogP contribution in [0.1, 0.15) is 5.56 Å². The Morgan fingerprint density at radius 2 is 1.76 bits per heavy atom. The standard InChI is InChI=1S/C14H18N2S/c1-4-10-16(11-5-2)14(17)15-13-8-6-12(3)7-9-13/h4-9H,1-2,10-11H2,3H3,(H,15,17). The van der Waals surface area contributed by atoms with E-state index in [0.717, 1.165) is 5.69 Å². The summed E-state index contributed by atoms with van der Waals surface area (Å²) in [5.74, 6) is 0. The normalized spacial score (nSPS) is 9.47. The Balaban J connectivity index is 2.65. The number of aryl methyl sites for hydroxylation is 1. The first-order chi connectivity index (χ1) is 8.17. The van der Waals surface area contributed by atoms with Crippen molar-refractivity contribution >= 4 is 23.0 Å². The smallest absolute Gasteiger partial charge is 0.173 e. The molecular weight excluding hydrogens is 228 g/mol. The van der Waals surface area contributed by atoms with Gasteiger partial charge in [-0.1, -0.05) is 29.8 Å². The minimum atomic E-state index is 0.689. The van der Waals surface area contributed by atoms with E-state index in [4.69, 9.17) is 12.2 Å². The summed E-state index contributed by atoms with van der Waals surface area (Å²) in [6.45, 7) is 10.9. The van der Waals surface area contributed by atoms with Crippen LogP contribution in [-0.4, -0.2) is 23.1 Å². The van der Waals surface area contributed by atoms with Crippen molar-refractivity contribution in [3.8, 4) is 0 Å². The van der Waals surface area contributed by atoms with Gasteiger partial charge in [-0.2, -0.15) is 0 Å². The second-order valence-electron chi connectivity index (χ2n) is 3.78. The van der Waals surface area contributed by atoms with Crippen molar-refractivity contribution in [2.24, 2.45) is 0 Å². The maximum Gasteiger partial charge on any atom is 0.173 e. The Morgan fingerprint density at radius 1 is 1.24 bits per heavy atom. The van der Waals surface area contributed by atoms with E-state index in [0.29, 0.717) is 18.2 Å². The average Bonchev–Trinajstić information content (AvgIpc) is 2.32. The molecule has 1 rings (SSSR count). The molecule has 1 aromatic carbocycles. The van der Waals surface area contributed by atoms with Crippen molar-refractivity contribution in [1.29, 1.82) is 0 Å². The number of hydrogen-bond donors (Lipinski definition) is 1. The van der Waals surface area contributed by atoms with Gasteiger partial charge in [-0.25, -0.2) is 0 Å². The van der Waals surface area contributed by atoms with Gasteiger partial charge in [0.1, 0.15) is 0 Å². The van der Waals surface area contributed by atoms with Crippen LogP contribution in [-0.2, 0) is 0 Å². The molecule has 0 aliphatic heterocycles. The first-order valence-electron chi connectivity index (χ1n) is 5.51. The molecule has 90 valence electrons. The lowest BCUT2D eigenvalue weighted by Gasteiger charge is -2.23. The van der Waals surface area contributed by atoms with Crippen molar-refractivity contribution in [2.75, 3.05) is 18.4 Å². The van der Waals surface area contributed by atoms with Crippen LogP contribution in [0.2, 0.25) is 0 Å². The molecule has 0 radical (unpaired) electrons. The maximum absolute atomic E-state index is 5.34. The third-order valence-corrected chi connectivity index (χ3v) is 2.65. The van der Waals surface area contributed by atoms with Gasteiger partial charge in [0.05, 0.1) is 0 Å². The van der Waals surface area contributed by atoms with E-state index in [-0.39, 0.29) is 0 Å². The zero-order valence-corrected chi connectivity index (χ0v) is 11.0. The minimum absolute atomic E-state index is 0.689. The van der Waals surface area contributed by atoms with E-state index in [1.165, 1.54) is 5.56 Å². The number of anilines is 1. The Morgan fingerprint density at radius 3 is 2.24 bits per heavy atom. The summed E-state index contributed by atoms with van der Waals surface area (Å²) in [7, 11) is 0. The van der Waals surface area contributed by atoms with Crippen LogP contribution < -0.4 is 5.32 Å². The van der Waals surface area contributed by atoms with Crippen LogP contribution in [0.5, 0.6) is 0 Å². The first-order valence-corrected chi connectivity index (χ1v) is 5.92. The van der Waals surface area contributed by atoms with E-state index in [2.05, 4.69) is 37.5 Å². The Kier molecular flexibility index (Phi) is 5.43. The van der Waals surface area contributed by atoms with Gasteiger partial charge in [-0.3, -0.25) is 0 Å². The van der Waals surface area contributed by atoms with Gasteiger partial charge < -0.3 is 10.2 Å². The highest BCUT2D eigenvalue weighted by Crippen LogP contribution is 2.09. The predicted octanol–water partition coefficient (Wildman–Crippen LogP) is 3.37. The topological polar surface area (TPSA) is 15.3 Å². The molecule has 0 unspecified atom stereocenters. The molecule has 1 aromatic rings. The summed E-state index contributed by atoms with van der Waals surface area (Å²) in [6, 6.07) is 8.13. The van der Waals surface area contributed by atoms with E-state index in [9.17, 15) is 0 Å². The molecule has 0 saturated heterocycles. The number of rotatable bonds is 5. The van der Waals surface area contributed by atoms with Gasteiger partial charge in [0.15, 0.2) is 5.11 Å². The summed E-state index contributed by atoms with van der Waals surface area (Å²) >= 11 is 5.34. The van der Waals surface area contributed by atoms with E-state index in [1.807, 2.05) is 29.2 Å². The van der Waals surface area contributed by atoms with Crippen molar-refractivity contribution in [1.82, 2.24) is 4.90 Å². The average molecular weight is 246 g/mol. The molecule has 0 bridgehead atoms. The highest BCUT2D eigenvalue weighted by Gasteiger charge is 2.05. The quantitative estimate of drug-likeness (QED) is 0.633. The molecule has 0 saturated carbocycles. The largest absolute Gasteiger partial charge is 0.342 e. The molecule has 17 heavy (non-hydrogen) atoms. The van der Waals surface area contributed by atoms with Crippen LogP contribution in [0.3, 0.4) is 0 Å². The Labute approximate surface area is 109 Å². The fourth-order valence-corrected chi connectivity index (χ4v) is 1.66. The van der Waals surface area contributed by atoms with Gasteiger partial charge in [0, 0.05) is 18.8 Å². The van der Waals surface area contributed by atoms with Crippen LogP contribution in [0.4, 0.5) is 5.69 Å². The third-order valence-electron chi connectivity index (χ3n) is 2.29. The summed E-state index contributed by atoms with van der Waals surface area (Å²) in [5, 5.41) is 3.89. The summed E-state index contributed by atoms with van der Waals surface area (Å²) in [6.07, 6.45) is 3.65. The lowest BCUT2D eigenvalue weighted by molar-refractivity contribution is 0.522. The SMILES string of the molecule is C=CCN(CC=C)C(=S)Nc1ccc(C)cc1. The first kappa shape index (κ1) is 13.5. The highest BCUT2D eigenvalue weighted by atomic mass is 32.1. The molecule has 0 aliphatic rings. The van der Waals surface area contributed by atoms with Gasteiger partial charge in [-0.15, -0.1) is 13.2 Å². The van der Waals surface area contributed by atoms with Crippen LogP contribution in [0, 0.1) is 6.92 Å². The molecule has 0 heterocycles. The Hall–Kier alpha value is -1.61. The number of thiocarbonyl (C=S) groups is 1. The molecule has 0 aliphatic carbocycles. The van der Waals surface area contributed by atoms with E-state index >= 15 is 0 Å². The van der Waals surface area contributed by atoms with E-state index < -0.39 is 0 Å². The predicted molar refractivity (Wildman–Crippen MR) is 79.4 cm³/mol. The molecule has 1 N–H and O–H groups in total. The van der Waals surface area contributed by atoms with Gasteiger partial charge >= 0.3 is 0 Å². The summed E-state index contributed by atoms with van der Waals surface area (Å²) in [4.78, 5) is 2.00. The van der Waals surface area contributed by atoms with Crippen LogP contribution in [0.15, 0.2) is 49.6 Å². The number of nitrogens with one attached hydrogen (secondary N) is 1. The van der Waals surface area contributed by atoms with Crippen molar-refractivity contribution < 1.29 is 0 Å². The van der Waals surface area contributed by atoms with E-state index in [1.54, 1.807) is 0 Å². The number of hydrogen-bond acceptors (Lipinski definition) is 1. The van der Waals surface area contributed by atoms with Crippen molar-refractivity contribution in [3.05, 3.63) is 55.1 Å². The third kappa shape index (κ3) is 4.41. The van der Waals surface area contributed by atoms with Gasteiger partial charge in [0.25, 0.3) is 0 Å². The van der Waals surface area contributed by atoms with Gasteiger partial charge in [-0.05, 0) is 31.3 Å². The summed E-state index contributed by atoms with van der Waals surface area (Å²) in [5.41, 5.74) is 2.23. The zero-order valence-electron chi connectivity index (χ0n) is 10.1. The molecule has 0 fully saturated rings. The molecule has 3 heteroatoms. The molecule has 0 atom stereocenters. The Bertz CT molecular complexity index is 385. The van der Waals surface area contributed by atoms with Crippen molar-refractivity contribution in [3.63, 3.8) is 0 Å². The second kappa shape index (κ2) is 6.86. The molecule has 0 aromatic heterocycles.